The van der Waals surface area contributed by atoms with Gasteiger partial charge in [0.25, 0.3) is 0 Å². The fraction of sp³-hybridized carbons (Fsp3) is 0.182. The minimum atomic E-state index is -3.31. The maximum absolute atomic E-state index is 12.1. The SMILES string of the molecule is CCS(=O)(=O)c1ccc(-c2cc(C#N)c(OC)nc2-c2ccc3c(c2)OCO3)cc1. The fourth-order valence-electron chi connectivity index (χ4n) is 3.22. The second-order valence-electron chi connectivity index (χ2n) is 6.55. The third-order valence-electron chi connectivity index (χ3n) is 4.85. The van der Waals surface area contributed by atoms with Gasteiger partial charge in [-0.05, 0) is 42.0 Å². The monoisotopic (exact) mass is 422 g/mol. The van der Waals surface area contributed by atoms with Crippen molar-refractivity contribution in [2.24, 2.45) is 0 Å². The molecule has 0 bridgehead atoms. The van der Waals surface area contributed by atoms with Crippen LogP contribution in [0.4, 0.5) is 0 Å². The third-order valence-corrected chi connectivity index (χ3v) is 6.60. The van der Waals surface area contributed by atoms with E-state index in [0.29, 0.717) is 22.8 Å². The molecule has 0 saturated heterocycles. The molecular formula is C22H18N2O5S. The smallest absolute Gasteiger partial charge is 0.232 e. The van der Waals surface area contributed by atoms with Crippen LogP contribution in [-0.2, 0) is 9.84 Å². The molecular weight excluding hydrogens is 404 g/mol. The number of pyridine rings is 1. The summed E-state index contributed by atoms with van der Waals surface area (Å²) in [5.41, 5.74) is 3.01. The summed E-state index contributed by atoms with van der Waals surface area (Å²) in [6.45, 7) is 1.76. The summed E-state index contributed by atoms with van der Waals surface area (Å²) in [5.74, 6) is 1.49. The lowest BCUT2D eigenvalue weighted by Crippen LogP contribution is -2.03. The van der Waals surface area contributed by atoms with Crippen molar-refractivity contribution in [2.75, 3.05) is 19.7 Å². The van der Waals surface area contributed by atoms with E-state index in [9.17, 15) is 13.7 Å². The molecule has 2 heterocycles. The maximum Gasteiger partial charge on any atom is 0.232 e. The molecule has 30 heavy (non-hydrogen) atoms. The van der Waals surface area contributed by atoms with Crippen molar-refractivity contribution in [3.8, 4) is 45.8 Å². The summed E-state index contributed by atoms with van der Waals surface area (Å²) in [7, 11) is -1.85. The van der Waals surface area contributed by atoms with E-state index in [-0.39, 0.29) is 28.9 Å². The van der Waals surface area contributed by atoms with Crippen molar-refractivity contribution in [2.45, 2.75) is 11.8 Å². The van der Waals surface area contributed by atoms with Gasteiger partial charge in [-0.2, -0.15) is 5.26 Å². The van der Waals surface area contributed by atoms with Gasteiger partial charge in [0.2, 0.25) is 12.7 Å². The Bertz CT molecular complexity index is 1260. The summed E-state index contributed by atoms with van der Waals surface area (Å²) in [5, 5.41) is 9.51. The Morgan fingerprint density at radius 1 is 1.07 bits per heavy atom. The average Bonchev–Trinajstić information content (AvgIpc) is 3.26. The Balaban J connectivity index is 1.89. The molecule has 0 radical (unpaired) electrons. The van der Waals surface area contributed by atoms with Crippen molar-refractivity contribution in [1.82, 2.24) is 4.98 Å². The summed E-state index contributed by atoms with van der Waals surface area (Å²) < 4.78 is 40.4. The second kappa shape index (κ2) is 7.69. The molecule has 4 rings (SSSR count). The Morgan fingerprint density at radius 2 is 1.77 bits per heavy atom. The molecule has 3 aromatic rings. The van der Waals surface area contributed by atoms with Crippen molar-refractivity contribution in [1.29, 1.82) is 5.26 Å². The molecule has 0 N–H and O–H groups in total. The minimum absolute atomic E-state index is 0.0253. The lowest BCUT2D eigenvalue weighted by molar-refractivity contribution is 0.174. The molecule has 0 amide bonds. The fourth-order valence-corrected chi connectivity index (χ4v) is 4.11. The van der Waals surface area contributed by atoms with Gasteiger partial charge in [-0.3, -0.25) is 0 Å². The van der Waals surface area contributed by atoms with Gasteiger partial charge in [0.15, 0.2) is 21.3 Å². The second-order valence-corrected chi connectivity index (χ2v) is 8.83. The predicted octanol–water partition coefficient (Wildman–Crippen LogP) is 3.82. The molecule has 0 aliphatic carbocycles. The largest absolute Gasteiger partial charge is 0.480 e. The van der Waals surface area contributed by atoms with E-state index in [0.717, 1.165) is 11.1 Å². The standard InChI is InChI=1S/C22H18N2O5S/c1-3-30(25,26)17-7-4-14(5-8-17)18-10-16(12-23)22(27-2)24-21(18)15-6-9-19-20(11-15)29-13-28-19/h4-11H,3,13H2,1-2H3. The minimum Gasteiger partial charge on any atom is -0.480 e. The topological polar surface area (TPSA) is 98.5 Å². The van der Waals surface area contributed by atoms with Crippen LogP contribution in [0.2, 0.25) is 0 Å². The summed E-state index contributed by atoms with van der Waals surface area (Å²) in [6, 6.07) is 15.8. The van der Waals surface area contributed by atoms with Crippen LogP contribution < -0.4 is 14.2 Å². The van der Waals surface area contributed by atoms with E-state index >= 15 is 0 Å². The lowest BCUT2D eigenvalue weighted by Gasteiger charge is -2.13. The third kappa shape index (κ3) is 3.44. The molecule has 0 atom stereocenters. The molecule has 1 aromatic heterocycles. The van der Waals surface area contributed by atoms with Crippen LogP contribution in [0.3, 0.4) is 0 Å². The molecule has 1 aliphatic rings. The van der Waals surface area contributed by atoms with E-state index in [1.54, 1.807) is 43.3 Å². The number of rotatable bonds is 5. The maximum atomic E-state index is 12.1. The highest BCUT2D eigenvalue weighted by atomic mass is 32.2. The number of nitriles is 1. The number of fused-ring (bicyclic) bond motifs is 1. The molecule has 0 saturated carbocycles. The highest BCUT2D eigenvalue weighted by Gasteiger charge is 2.20. The van der Waals surface area contributed by atoms with Crippen molar-refractivity contribution < 1.29 is 22.6 Å². The quantitative estimate of drug-likeness (QED) is 0.616. The Hall–Kier alpha value is -3.57. The van der Waals surface area contributed by atoms with E-state index in [1.165, 1.54) is 7.11 Å². The summed E-state index contributed by atoms with van der Waals surface area (Å²) in [4.78, 5) is 4.81. The van der Waals surface area contributed by atoms with Crippen LogP contribution in [0.15, 0.2) is 53.4 Å². The first-order chi connectivity index (χ1) is 14.5. The highest BCUT2D eigenvalue weighted by molar-refractivity contribution is 7.91. The number of benzene rings is 2. The molecule has 152 valence electrons. The Kier molecular flexibility index (Phi) is 5.06. The zero-order chi connectivity index (χ0) is 21.3. The number of hydrogen-bond acceptors (Lipinski definition) is 7. The van der Waals surface area contributed by atoms with Crippen LogP contribution in [0.25, 0.3) is 22.4 Å². The van der Waals surface area contributed by atoms with Gasteiger partial charge in [-0.15, -0.1) is 0 Å². The number of nitrogens with zero attached hydrogens (tertiary/aromatic N) is 2. The number of ether oxygens (including phenoxy) is 3. The van der Waals surface area contributed by atoms with Gasteiger partial charge in [0.05, 0.1) is 23.5 Å². The van der Waals surface area contributed by atoms with Gasteiger partial charge < -0.3 is 14.2 Å². The molecule has 0 fully saturated rings. The number of sulfone groups is 1. The molecule has 8 heteroatoms. The van der Waals surface area contributed by atoms with Crippen molar-refractivity contribution in [3.63, 3.8) is 0 Å². The Labute approximate surface area is 174 Å². The number of hydrogen-bond donors (Lipinski definition) is 0. The van der Waals surface area contributed by atoms with Crippen LogP contribution in [0, 0.1) is 11.3 Å². The molecule has 0 spiro atoms. The van der Waals surface area contributed by atoms with Gasteiger partial charge >= 0.3 is 0 Å². The molecule has 0 unspecified atom stereocenters. The van der Waals surface area contributed by atoms with Crippen LogP contribution in [0.1, 0.15) is 12.5 Å². The van der Waals surface area contributed by atoms with Gasteiger partial charge in [0, 0.05) is 11.1 Å². The Morgan fingerprint density at radius 3 is 2.43 bits per heavy atom. The highest BCUT2D eigenvalue weighted by Crippen LogP contribution is 2.40. The van der Waals surface area contributed by atoms with Gasteiger partial charge in [-0.25, -0.2) is 13.4 Å². The first kappa shape index (κ1) is 19.7. The average molecular weight is 422 g/mol. The normalized spacial score (nSPS) is 12.4. The van der Waals surface area contributed by atoms with Gasteiger partial charge in [-0.1, -0.05) is 19.1 Å². The van der Waals surface area contributed by atoms with Gasteiger partial charge in [0.1, 0.15) is 11.6 Å². The number of methoxy groups -OCH3 is 1. The van der Waals surface area contributed by atoms with Crippen LogP contribution in [-0.4, -0.2) is 33.1 Å². The predicted molar refractivity (Wildman–Crippen MR) is 110 cm³/mol. The van der Waals surface area contributed by atoms with E-state index in [2.05, 4.69) is 11.1 Å². The number of aromatic nitrogens is 1. The zero-order valence-corrected chi connectivity index (χ0v) is 17.2. The van der Waals surface area contributed by atoms with Crippen LogP contribution in [0.5, 0.6) is 17.4 Å². The van der Waals surface area contributed by atoms with Crippen LogP contribution >= 0.6 is 0 Å². The first-order valence-electron chi connectivity index (χ1n) is 9.19. The van der Waals surface area contributed by atoms with E-state index in [1.807, 2.05) is 12.1 Å². The lowest BCUT2D eigenvalue weighted by atomic mass is 9.97. The summed E-state index contributed by atoms with van der Waals surface area (Å²) in [6.07, 6.45) is 0. The van der Waals surface area contributed by atoms with E-state index < -0.39 is 9.84 Å². The van der Waals surface area contributed by atoms with E-state index in [4.69, 9.17) is 14.2 Å². The molecule has 2 aromatic carbocycles. The zero-order valence-electron chi connectivity index (χ0n) is 16.4. The molecule has 7 nitrogen and oxygen atoms in total. The van der Waals surface area contributed by atoms with Crippen molar-refractivity contribution >= 4 is 9.84 Å². The molecule has 1 aliphatic heterocycles. The first-order valence-corrected chi connectivity index (χ1v) is 10.8. The summed E-state index contributed by atoms with van der Waals surface area (Å²) >= 11 is 0. The van der Waals surface area contributed by atoms with Crippen molar-refractivity contribution in [3.05, 3.63) is 54.1 Å².